The molecule has 116 valence electrons. The lowest BCUT2D eigenvalue weighted by molar-refractivity contribution is -0.114. The third-order valence-corrected chi connectivity index (χ3v) is 4.11. The molecule has 0 radical (unpaired) electrons. The van der Waals surface area contributed by atoms with Crippen molar-refractivity contribution in [2.24, 2.45) is 0 Å². The van der Waals surface area contributed by atoms with Gasteiger partial charge in [-0.1, -0.05) is 12.1 Å². The van der Waals surface area contributed by atoms with Crippen molar-refractivity contribution < 1.29 is 4.79 Å². The number of nitrogens with zero attached hydrogens (tertiary/aromatic N) is 2. The highest BCUT2D eigenvalue weighted by Crippen LogP contribution is 2.16. The summed E-state index contributed by atoms with van der Waals surface area (Å²) in [6.45, 7) is 12.7. The number of hydrogen-bond donors (Lipinski definition) is 1. The summed E-state index contributed by atoms with van der Waals surface area (Å²) in [6, 6.07) is 9.39. The molecule has 0 bridgehead atoms. The van der Waals surface area contributed by atoms with Gasteiger partial charge in [-0.3, -0.25) is 14.6 Å². The van der Waals surface area contributed by atoms with Crippen LogP contribution in [0, 0.1) is 0 Å². The molecule has 1 amide bonds. The first kappa shape index (κ1) is 16.0. The molecule has 1 aliphatic rings. The van der Waals surface area contributed by atoms with Crippen LogP contribution in [0.5, 0.6) is 0 Å². The predicted molar refractivity (Wildman–Crippen MR) is 87.3 cm³/mol. The number of rotatable bonds is 4. The van der Waals surface area contributed by atoms with Gasteiger partial charge in [-0.05, 0) is 38.5 Å². The zero-order chi connectivity index (χ0) is 15.4. The van der Waals surface area contributed by atoms with Gasteiger partial charge in [-0.15, -0.1) is 0 Å². The first-order valence-electron chi connectivity index (χ1n) is 7.80. The molecular weight excluding hydrogens is 262 g/mol. The van der Waals surface area contributed by atoms with Gasteiger partial charge >= 0.3 is 0 Å². The molecule has 0 aliphatic carbocycles. The fraction of sp³-hybridized carbons (Fsp3) is 0.588. The van der Waals surface area contributed by atoms with Crippen molar-refractivity contribution in [3.63, 3.8) is 0 Å². The summed E-state index contributed by atoms with van der Waals surface area (Å²) in [5, 5.41) is 2.80. The van der Waals surface area contributed by atoms with Crippen LogP contribution in [0.25, 0.3) is 0 Å². The SMILES string of the molecule is CC(=O)Nc1ccc(CN2CCN(C(C)C)[C@@H](C)C2)cc1. The lowest BCUT2D eigenvalue weighted by Crippen LogP contribution is -2.53. The van der Waals surface area contributed by atoms with Crippen molar-refractivity contribution in [2.75, 3.05) is 25.0 Å². The molecule has 0 spiro atoms. The fourth-order valence-electron chi connectivity index (χ4n) is 3.11. The zero-order valence-corrected chi connectivity index (χ0v) is 13.6. The Morgan fingerprint density at radius 1 is 1.29 bits per heavy atom. The summed E-state index contributed by atoms with van der Waals surface area (Å²) in [7, 11) is 0. The molecule has 1 atom stereocenters. The second-order valence-electron chi connectivity index (χ2n) is 6.29. The molecule has 1 heterocycles. The molecule has 21 heavy (non-hydrogen) atoms. The Kier molecular flexibility index (Phi) is 5.37. The van der Waals surface area contributed by atoms with Gasteiger partial charge in [-0.2, -0.15) is 0 Å². The summed E-state index contributed by atoms with van der Waals surface area (Å²) in [4.78, 5) is 16.1. The Morgan fingerprint density at radius 2 is 1.95 bits per heavy atom. The minimum Gasteiger partial charge on any atom is -0.326 e. The monoisotopic (exact) mass is 289 g/mol. The van der Waals surface area contributed by atoms with Crippen molar-refractivity contribution in [3.05, 3.63) is 29.8 Å². The van der Waals surface area contributed by atoms with Crippen molar-refractivity contribution in [1.29, 1.82) is 0 Å². The maximum absolute atomic E-state index is 11.0. The smallest absolute Gasteiger partial charge is 0.221 e. The van der Waals surface area contributed by atoms with E-state index in [0.717, 1.165) is 31.9 Å². The number of piperazine rings is 1. The number of carbonyl (C=O) groups is 1. The van der Waals surface area contributed by atoms with Gasteiger partial charge in [0.05, 0.1) is 0 Å². The second-order valence-corrected chi connectivity index (χ2v) is 6.29. The van der Waals surface area contributed by atoms with Crippen molar-refractivity contribution in [3.8, 4) is 0 Å². The first-order valence-corrected chi connectivity index (χ1v) is 7.80. The Morgan fingerprint density at radius 3 is 2.48 bits per heavy atom. The highest BCUT2D eigenvalue weighted by molar-refractivity contribution is 5.88. The average molecular weight is 289 g/mol. The van der Waals surface area contributed by atoms with E-state index < -0.39 is 0 Å². The second kappa shape index (κ2) is 7.05. The quantitative estimate of drug-likeness (QED) is 0.925. The van der Waals surface area contributed by atoms with Gasteiger partial charge in [0.25, 0.3) is 0 Å². The Labute approximate surface area is 128 Å². The number of anilines is 1. The van der Waals surface area contributed by atoms with Crippen LogP contribution in [0.2, 0.25) is 0 Å². The summed E-state index contributed by atoms with van der Waals surface area (Å²) < 4.78 is 0. The van der Waals surface area contributed by atoms with Crippen LogP contribution in [0.4, 0.5) is 5.69 Å². The van der Waals surface area contributed by atoms with Gasteiger partial charge in [0, 0.05) is 50.9 Å². The van der Waals surface area contributed by atoms with Gasteiger partial charge in [0.15, 0.2) is 0 Å². The predicted octanol–water partition coefficient (Wildman–Crippen LogP) is 2.56. The van der Waals surface area contributed by atoms with Crippen LogP contribution in [0.15, 0.2) is 24.3 Å². The molecule has 1 saturated heterocycles. The van der Waals surface area contributed by atoms with Crippen LogP contribution in [0.1, 0.15) is 33.3 Å². The van der Waals surface area contributed by atoms with Crippen LogP contribution < -0.4 is 5.32 Å². The van der Waals surface area contributed by atoms with E-state index in [1.54, 1.807) is 0 Å². The maximum atomic E-state index is 11.0. The first-order chi connectivity index (χ1) is 9.95. The standard InChI is InChI=1S/C17H27N3O/c1-13(2)20-10-9-19(11-14(20)3)12-16-5-7-17(8-6-16)18-15(4)21/h5-8,13-14H,9-12H2,1-4H3,(H,18,21)/t14-/m0/s1. The van der Waals surface area contributed by atoms with Crippen molar-refractivity contribution >= 4 is 11.6 Å². The van der Waals surface area contributed by atoms with Gasteiger partial charge in [0.2, 0.25) is 5.91 Å². The highest BCUT2D eigenvalue weighted by Gasteiger charge is 2.25. The molecule has 1 fully saturated rings. The summed E-state index contributed by atoms with van der Waals surface area (Å²) in [6.07, 6.45) is 0. The molecule has 1 aromatic carbocycles. The van der Waals surface area contributed by atoms with E-state index in [1.807, 2.05) is 12.1 Å². The number of benzene rings is 1. The topological polar surface area (TPSA) is 35.6 Å². The van der Waals surface area contributed by atoms with Crippen molar-refractivity contribution in [1.82, 2.24) is 9.80 Å². The summed E-state index contributed by atoms with van der Waals surface area (Å²) >= 11 is 0. The Hall–Kier alpha value is -1.39. The number of carbonyl (C=O) groups excluding carboxylic acids is 1. The zero-order valence-electron chi connectivity index (χ0n) is 13.6. The third-order valence-electron chi connectivity index (χ3n) is 4.11. The Balaban J connectivity index is 1.89. The minimum atomic E-state index is -0.0265. The van der Waals surface area contributed by atoms with E-state index >= 15 is 0 Å². The van der Waals surface area contributed by atoms with E-state index in [2.05, 4.69) is 48.0 Å². The van der Waals surface area contributed by atoms with E-state index in [1.165, 1.54) is 12.5 Å². The number of hydrogen-bond acceptors (Lipinski definition) is 3. The molecule has 4 heteroatoms. The molecular formula is C17H27N3O. The van der Waals surface area contributed by atoms with Gasteiger partial charge < -0.3 is 5.32 Å². The van der Waals surface area contributed by atoms with Crippen LogP contribution >= 0.6 is 0 Å². The van der Waals surface area contributed by atoms with E-state index in [4.69, 9.17) is 0 Å². The molecule has 4 nitrogen and oxygen atoms in total. The molecule has 2 rings (SSSR count). The molecule has 0 saturated carbocycles. The van der Waals surface area contributed by atoms with Crippen LogP contribution in [-0.4, -0.2) is 47.4 Å². The highest BCUT2D eigenvalue weighted by atomic mass is 16.1. The molecule has 0 unspecified atom stereocenters. The fourth-order valence-corrected chi connectivity index (χ4v) is 3.11. The van der Waals surface area contributed by atoms with E-state index in [0.29, 0.717) is 12.1 Å². The summed E-state index contributed by atoms with van der Waals surface area (Å²) in [5.41, 5.74) is 2.17. The summed E-state index contributed by atoms with van der Waals surface area (Å²) in [5.74, 6) is -0.0265. The van der Waals surface area contributed by atoms with E-state index in [9.17, 15) is 4.79 Å². The normalized spacial score (nSPS) is 20.7. The molecule has 0 aromatic heterocycles. The van der Waals surface area contributed by atoms with E-state index in [-0.39, 0.29) is 5.91 Å². The van der Waals surface area contributed by atoms with Gasteiger partial charge in [0.1, 0.15) is 0 Å². The van der Waals surface area contributed by atoms with Gasteiger partial charge in [-0.25, -0.2) is 0 Å². The van der Waals surface area contributed by atoms with Crippen molar-refractivity contribution in [2.45, 2.75) is 46.3 Å². The maximum Gasteiger partial charge on any atom is 0.221 e. The van der Waals surface area contributed by atoms with Crippen LogP contribution in [-0.2, 0) is 11.3 Å². The lowest BCUT2D eigenvalue weighted by Gasteiger charge is -2.42. The Bertz CT molecular complexity index is 469. The number of amides is 1. The number of nitrogens with one attached hydrogen (secondary N) is 1. The largest absolute Gasteiger partial charge is 0.326 e. The molecule has 1 N–H and O–H groups in total. The van der Waals surface area contributed by atoms with Crippen LogP contribution in [0.3, 0.4) is 0 Å². The minimum absolute atomic E-state index is 0.0265. The average Bonchev–Trinajstić information content (AvgIpc) is 2.40. The molecule has 1 aliphatic heterocycles. The third kappa shape index (κ3) is 4.55. The molecule has 1 aromatic rings. The lowest BCUT2D eigenvalue weighted by atomic mass is 10.1.